The monoisotopic (exact) mass is 328 g/mol. The Kier molecular flexibility index (Phi) is 4.60. The number of ether oxygens (including phenoxy) is 2. The number of hydrogen-bond acceptors (Lipinski definition) is 5. The maximum atomic E-state index is 12.1. The van der Waals surface area contributed by atoms with Gasteiger partial charge < -0.3 is 14.8 Å². The molecule has 1 heterocycles. The third-order valence-corrected chi connectivity index (χ3v) is 3.61. The lowest BCUT2D eigenvalue weighted by molar-refractivity contribution is -0.384. The number of carbonyl (C=O) groups excluding carboxylic acids is 1. The third-order valence-electron chi connectivity index (χ3n) is 3.61. The number of amides is 1. The lowest BCUT2D eigenvalue weighted by Gasteiger charge is -2.19. The van der Waals surface area contributed by atoms with Crippen molar-refractivity contribution in [2.75, 3.05) is 18.5 Å². The third kappa shape index (κ3) is 3.62. The summed E-state index contributed by atoms with van der Waals surface area (Å²) in [6.07, 6.45) is 0.792. The fourth-order valence-corrected chi connectivity index (χ4v) is 2.44. The molecular formula is C17H16N2O5. The number of nitrogens with one attached hydrogen (secondary N) is 1. The van der Waals surface area contributed by atoms with E-state index in [4.69, 9.17) is 9.47 Å². The van der Waals surface area contributed by atoms with Gasteiger partial charge in [-0.2, -0.15) is 0 Å². The molecule has 2 aromatic carbocycles. The molecule has 2 aromatic rings. The van der Waals surface area contributed by atoms with Crippen molar-refractivity contribution in [3.05, 3.63) is 58.1 Å². The van der Waals surface area contributed by atoms with Gasteiger partial charge in [0.15, 0.2) is 11.5 Å². The van der Waals surface area contributed by atoms with Gasteiger partial charge in [0.1, 0.15) is 18.9 Å². The molecule has 24 heavy (non-hydrogen) atoms. The van der Waals surface area contributed by atoms with Gasteiger partial charge in [-0.15, -0.1) is 0 Å². The Morgan fingerprint density at radius 2 is 1.79 bits per heavy atom. The van der Waals surface area contributed by atoms with Gasteiger partial charge in [-0.05, 0) is 12.0 Å². The van der Waals surface area contributed by atoms with E-state index in [0.717, 1.165) is 5.56 Å². The van der Waals surface area contributed by atoms with E-state index in [0.29, 0.717) is 31.1 Å². The SMILES string of the molecule is O=C(CCc1ccccc1)Nc1cc2c(cc1[N+](=O)[O-])OCCO2. The minimum absolute atomic E-state index is 0.113. The molecule has 124 valence electrons. The number of anilines is 1. The average molecular weight is 328 g/mol. The molecule has 0 aromatic heterocycles. The molecule has 3 rings (SSSR count). The second-order valence-electron chi connectivity index (χ2n) is 5.30. The minimum atomic E-state index is -0.551. The lowest BCUT2D eigenvalue weighted by Crippen LogP contribution is -2.17. The van der Waals surface area contributed by atoms with Crippen LogP contribution in [-0.2, 0) is 11.2 Å². The van der Waals surface area contributed by atoms with Crippen molar-refractivity contribution in [3.8, 4) is 11.5 Å². The molecule has 1 N–H and O–H groups in total. The molecule has 0 radical (unpaired) electrons. The van der Waals surface area contributed by atoms with Crippen LogP contribution in [0.5, 0.6) is 11.5 Å². The van der Waals surface area contributed by atoms with E-state index in [9.17, 15) is 14.9 Å². The van der Waals surface area contributed by atoms with Gasteiger partial charge in [0.05, 0.1) is 11.0 Å². The quantitative estimate of drug-likeness (QED) is 0.673. The van der Waals surface area contributed by atoms with E-state index in [1.807, 2.05) is 30.3 Å². The summed E-state index contributed by atoms with van der Waals surface area (Å²) in [6.45, 7) is 0.707. The van der Waals surface area contributed by atoms with Crippen LogP contribution in [0.25, 0.3) is 0 Å². The maximum Gasteiger partial charge on any atom is 0.296 e. The molecule has 1 aliphatic heterocycles. The molecule has 0 saturated carbocycles. The first-order valence-electron chi connectivity index (χ1n) is 7.55. The largest absolute Gasteiger partial charge is 0.486 e. The van der Waals surface area contributed by atoms with Crippen LogP contribution >= 0.6 is 0 Å². The Bertz CT molecular complexity index is 761. The van der Waals surface area contributed by atoms with Gasteiger partial charge in [-0.1, -0.05) is 30.3 Å². The fraction of sp³-hybridized carbons (Fsp3) is 0.235. The molecule has 7 heteroatoms. The van der Waals surface area contributed by atoms with E-state index < -0.39 is 4.92 Å². The van der Waals surface area contributed by atoms with Crippen molar-refractivity contribution in [3.63, 3.8) is 0 Å². The van der Waals surface area contributed by atoms with Crippen LogP contribution in [0.15, 0.2) is 42.5 Å². The van der Waals surface area contributed by atoms with Crippen molar-refractivity contribution in [2.24, 2.45) is 0 Å². The van der Waals surface area contributed by atoms with E-state index >= 15 is 0 Å². The molecule has 0 fully saturated rings. The predicted octanol–water partition coefficient (Wildman–Crippen LogP) is 2.94. The van der Waals surface area contributed by atoms with Crippen molar-refractivity contribution in [1.82, 2.24) is 0 Å². The summed E-state index contributed by atoms with van der Waals surface area (Å²) in [5, 5.41) is 13.8. The number of hydrogen-bond donors (Lipinski definition) is 1. The summed E-state index contributed by atoms with van der Waals surface area (Å²) < 4.78 is 10.7. The van der Waals surface area contributed by atoms with Crippen molar-refractivity contribution in [2.45, 2.75) is 12.8 Å². The standard InChI is InChI=1S/C17H16N2O5/c20-17(7-6-12-4-2-1-3-5-12)18-13-10-15-16(24-9-8-23-15)11-14(13)19(21)22/h1-5,10-11H,6-9H2,(H,18,20). The normalized spacial score (nSPS) is 12.5. The number of nitro benzene ring substituents is 1. The summed E-state index contributed by atoms with van der Waals surface area (Å²) in [6, 6.07) is 12.3. The number of aryl methyl sites for hydroxylation is 1. The molecule has 7 nitrogen and oxygen atoms in total. The summed E-state index contributed by atoms with van der Waals surface area (Å²) in [5.74, 6) is 0.416. The number of benzene rings is 2. The highest BCUT2D eigenvalue weighted by Crippen LogP contribution is 2.39. The molecule has 0 spiro atoms. The first kappa shape index (κ1) is 15.8. The van der Waals surface area contributed by atoms with Crippen LogP contribution in [0.1, 0.15) is 12.0 Å². The molecule has 1 aliphatic rings. The first-order chi connectivity index (χ1) is 11.6. The molecule has 0 atom stereocenters. The lowest BCUT2D eigenvalue weighted by atomic mass is 10.1. The molecule has 0 saturated heterocycles. The Hall–Kier alpha value is -3.09. The molecule has 1 amide bonds. The smallest absolute Gasteiger partial charge is 0.296 e. The van der Waals surface area contributed by atoms with Crippen molar-refractivity contribution >= 4 is 17.3 Å². The molecule has 0 unspecified atom stereocenters. The second-order valence-corrected chi connectivity index (χ2v) is 5.30. The average Bonchev–Trinajstić information content (AvgIpc) is 2.60. The van der Waals surface area contributed by atoms with Crippen LogP contribution in [0, 0.1) is 10.1 Å². The number of nitrogens with zero attached hydrogens (tertiary/aromatic N) is 1. The highest BCUT2D eigenvalue weighted by atomic mass is 16.6. The van der Waals surface area contributed by atoms with Gasteiger partial charge in [0.25, 0.3) is 5.69 Å². The second kappa shape index (κ2) is 6.99. The van der Waals surface area contributed by atoms with Crippen molar-refractivity contribution in [1.29, 1.82) is 0 Å². The number of rotatable bonds is 5. The van der Waals surface area contributed by atoms with E-state index in [1.54, 1.807) is 0 Å². The van der Waals surface area contributed by atoms with Crippen LogP contribution in [0.2, 0.25) is 0 Å². The van der Waals surface area contributed by atoms with Gasteiger partial charge in [-0.25, -0.2) is 0 Å². The number of fused-ring (bicyclic) bond motifs is 1. The van der Waals surface area contributed by atoms with E-state index in [-0.39, 0.29) is 23.7 Å². The zero-order valence-corrected chi connectivity index (χ0v) is 12.9. The van der Waals surface area contributed by atoms with Gasteiger partial charge in [0, 0.05) is 12.5 Å². The van der Waals surface area contributed by atoms with Crippen LogP contribution in [0.4, 0.5) is 11.4 Å². The Balaban J connectivity index is 1.73. The summed E-state index contributed by atoms with van der Waals surface area (Å²) in [7, 11) is 0. The highest BCUT2D eigenvalue weighted by molar-refractivity contribution is 5.93. The zero-order valence-electron chi connectivity index (χ0n) is 12.9. The van der Waals surface area contributed by atoms with Crippen molar-refractivity contribution < 1.29 is 19.2 Å². The summed E-state index contributed by atoms with van der Waals surface area (Å²) in [5.41, 5.74) is 0.930. The number of nitro groups is 1. The van der Waals surface area contributed by atoms with E-state index in [2.05, 4.69) is 5.32 Å². The molecule has 0 bridgehead atoms. The molecular weight excluding hydrogens is 312 g/mol. The zero-order chi connectivity index (χ0) is 16.9. The van der Waals surface area contributed by atoms with Gasteiger partial charge in [0.2, 0.25) is 5.91 Å². The van der Waals surface area contributed by atoms with Gasteiger partial charge >= 0.3 is 0 Å². The number of carbonyl (C=O) groups is 1. The Morgan fingerprint density at radius 1 is 1.12 bits per heavy atom. The maximum absolute atomic E-state index is 12.1. The topological polar surface area (TPSA) is 90.7 Å². The van der Waals surface area contributed by atoms with Crippen LogP contribution < -0.4 is 14.8 Å². The minimum Gasteiger partial charge on any atom is -0.486 e. The highest BCUT2D eigenvalue weighted by Gasteiger charge is 2.23. The fourth-order valence-electron chi connectivity index (χ4n) is 2.44. The van der Waals surface area contributed by atoms with Crippen LogP contribution in [0.3, 0.4) is 0 Å². The molecule has 0 aliphatic carbocycles. The summed E-state index contributed by atoms with van der Waals surface area (Å²) >= 11 is 0. The Morgan fingerprint density at radius 3 is 2.46 bits per heavy atom. The first-order valence-corrected chi connectivity index (χ1v) is 7.55. The summed E-state index contributed by atoms with van der Waals surface area (Å²) in [4.78, 5) is 22.8. The Labute approximate surface area is 138 Å². The van der Waals surface area contributed by atoms with Crippen LogP contribution in [-0.4, -0.2) is 24.0 Å². The van der Waals surface area contributed by atoms with Gasteiger partial charge in [-0.3, -0.25) is 14.9 Å². The van der Waals surface area contributed by atoms with E-state index in [1.165, 1.54) is 12.1 Å². The predicted molar refractivity (Wildman–Crippen MR) is 87.5 cm³/mol.